The van der Waals surface area contributed by atoms with Crippen molar-refractivity contribution < 1.29 is 14.1 Å². The van der Waals surface area contributed by atoms with E-state index in [1.165, 1.54) is 0 Å². The van der Waals surface area contributed by atoms with E-state index in [9.17, 15) is 4.79 Å². The average molecular weight is 246 g/mol. The van der Waals surface area contributed by atoms with Gasteiger partial charge in [-0.25, -0.2) is 4.79 Å². The molecule has 0 amide bonds. The van der Waals surface area contributed by atoms with E-state index in [1.54, 1.807) is 6.92 Å². The van der Waals surface area contributed by atoms with E-state index in [1.807, 2.05) is 37.3 Å². The lowest BCUT2D eigenvalue weighted by Crippen LogP contribution is -2.07. The third-order valence-corrected chi connectivity index (χ3v) is 2.57. The fraction of sp³-hybridized carbons (Fsp3) is 0.308. The summed E-state index contributed by atoms with van der Waals surface area (Å²) < 4.78 is 9.89. The topological polar surface area (TPSA) is 65.2 Å². The van der Waals surface area contributed by atoms with Crippen LogP contribution in [0.4, 0.5) is 0 Å². The van der Waals surface area contributed by atoms with E-state index in [0.29, 0.717) is 5.89 Å². The van der Waals surface area contributed by atoms with Crippen LogP contribution in [0.5, 0.6) is 0 Å². The first-order valence-electron chi connectivity index (χ1n) is 5.78. The number of nitrogens with zero attached hydrogens (tertiary/aromatic N) is 2. The van der Waals surface area contributed by atoms with Gasteiger partial charge < -0.3 is 9.26 Å². The Morgan fingerprint density at radius 1 is 1.39 bits per heavy atom. The predicted molar refractivity (Wildman–Crippen MR) is 64.2 cm³/mol. The molecule has 5 heteroatoms. The monoisotopic (exact) mass is 246 g/mol. The van der Waals surface area contributed by atoms with Gasteiger partial charge in [-0.15, -0.1) is 0 Å². The largest absolute Gasteiger partial charge is 0.460 e. The molecular formula is C13H14N2O3. The van der Waals surface area contributed by atoms with Gasteiger partial charge in [0.1, 0.15) is 0 Å². The van der Waals surface area contributed by atoms with Gasteiger partial charge in [0.2, 0.25) is 5.89 Å². The first-order chi connectivity index (χ1) is 8.72. The van der Waals surface area contributed by atoms with Crippen LogP contribution >= 0.6 is 0 Å². The minimum absolute atomic E-state index is 0.0327. The molecule has 1 atom stereocenters. The van der Waals surface area contributed by atoms with Crippen molar-refractivity contribution in [2.75, 3.05) is 6.61 Å². The van der Waals surface area contributed by atoms with Gasteiger partial charge >= 0.3 is 5.97 Å². The van der Waals surface area contributed by atoms with Gasteiger partial charge in [-0.1, -0.05) is 30.3 Å². The lowest BCUT2D eigenvalue weighted by Gasteiger charge is -2.05. The Bertz CT molecular complexity index is 522. The number of hydrogen-bond donors (Lipinski definition) is 0. The molecule has 94 valence electrons. The highest BCUT2D eigenvalue weighted by molar-refractivity contribution is 5.84. The summed E-state index contributed by atoms with van der Waals surface area (Å²) in [7, 11) is 0. The van der Waals surface area contributed by atoms with Crippen LogP contribution in [0.3, 0.4) is 0 Å². The Balaban J connectivity index is 2.17. The number of carbonyl (C=O) groups excluding carboxylic acids is 1. The predicted octanol–water partition coefficient (Wildman–Crippen LogP) is 2.40. The zero-order valence-corrected chi connectivity index (χ0v) is 10.3. The zero-order chi connectivity index (χ0) is 13.0. The minimum atomic E-state index is -0.562. The molecule has 1 heterocycles. The maximum Gasteiger partial charge on any atom is 0.379 e. The van der Waals surface area contributed by atoms with Crippen molar-refractivity contribution in [3.63, 3.8) is 0 Å². The van der Waals surface area contributed by atoms with Crippen molar-refractivity contribution in [2.24, 2.45) is 0 Å². The van der Waals surface area contributed by atoms with Crippen LogP contribution in [0.15, 0.2) is 34.9 Å². The van der Waals surface area contributed by atoms with Gasteiger partial charge in [0.05, 0.1) is 12.5 Å². The van der Waals surface area contributed by atoms with E-state index in [4.69, 9.17) is 9.26 Å². The number of aromatic nitrogens is 2. The molecule has 0 bridgehead atoms. The molecule has 0 fully saturated rings. The van der Waals surface area contributed by atoms with Crippen molar-refractivity contribution in [1.29, 1.82) is 0 Å². The Kier molecular flexibility index (Phi) is 3.72. The summed E-state index contributed by atoms with van der Waals surface area (Å²) >= 11 is 0. The highest BCUT2D eigenvalue weighted by Gasteiger charge is 2.20. The molecule has 5 nitrogen and oxygen atoms in total. The summed E-state index contributed by atoms with van der Waals surface area (Å²) in [5.74, 6) is -0.242. The first kappa shape index (κ1) is 12.3. The molecule has 1 unspecified atom stereocenters. The Morgan fingerprint density at radius 3 is 2.78 bits per heavy atom. The highest BCUT2D eigenvalue weighted by atomic mass is 16.5. The van der Waals surface area contributed by atoms with Crippen LogP contribution < -0.4 is 0 Å². The molecule has 0 saturated carbocycles. The molecule has 0 aliphatic carbocycles. The van der Waals surface area contributed by atoms with Crippen molar-refractivity contribution in [2.45, 2.75) is 19.8 Å². The quantitative estimate of drug-likeness (QED) is 0.775. The number of benzene rings is 1. The molecule has 1 aromatic carbocycles. The van der Waals surface area contributed by atoms with Crippen LogP contribution in [0.1, 0.15) is 41.8 Å². The van der Waals surface area contributed by atoms with Crippen molar-refractivity contribution in [1.82, 2.24) is 10.1 Å². The molecule has 2 aromatic rings. The molecule has 2 rings (SSSR count). The highest BCUT2D eigenvalue weighted by Crippen LogP contribution is 2.22. The molecule has 0 aliphatic heterocycles. The molecule has 0 spiro atoms. The van der Waals surface area contributed by atoms with E-state index in [2.05, 4.69) is 10.1 Å². The third-order valence-electron chi connectivity index (χ3n) is 2.57. The van der Waals surface area contributed by atoms with Crippen LogP contribution in [0.2, 0.25) is 0 Å². The summed E-state index contributed by atoms with van der Waals surface area (Å²) in [4.78, 5) is 15.5. The van der Waals surface area contributed by atoms with Crippen LogP contribution in [0.25, 0.3) is 0 Å². The normalized spacial score (nSPS) is 12.1. The Morgan fingerprint density at radius 2 is 2.11 bits per heavy atom. The molecule has 0 aliphatic rings. The summed E-state index contributed by atoms with van der Waals surface area (Å²) in [6, 6.07) is 9.76. The maximum absolute atomic E-state index is 11.4. The van der Waals surface area contributed by atoms with Gasteiger partial charge in [0.15, 0.2) is 0 Å². The van der Waals surface area contributed by atoms with Crippen LogP contribution in [-0.2, 0) is 4.74 Å². The number of ether oxygens (including phenoxy) is 1. The van der Waals surface area contributed by atoms with E-state index >= 15 is 0 Å². The summed E-state index contributed by atoms with van der Waals surface area (Å²) in [6.45, 7) is 3.96. The second-order valence-corrected chi connectivity index (χ2v) is 3.81. The Hall–Kier alpha value is -2.17. The second-order valence-electron chi connectivity index (χ2n) is 3.81. The van der Waals surface area contributed by atoms with Crippen LogP contribution in [-0.4, -0.2) is 22.7 Å². The maximum atomic E-state index is 11.4. The van der Waals surface area contributed by atoms with Crippen molar-refractivity contribution in [3.05, 3.63) is 47.6 Å². The zero-order valence-electron chi connectivity index (χ0n) is 10.3. The standard InChI is InChI=1S/C13H14N2O3/c1-3-17-13(16)11-14-12(18-15-11)9(2)10-7-5-4-6-8-10/h4-9H,3H2,1-2H3. The average Bonchev–Trinajstić information content (AvgIpc) is 2.89. The third kappa shape index (κ3) is 2.56. The fourth-order valence-electron chi connectivity index (χ4n) is 1.57. The number of esters is 1. The Labute approximate surface area is 105 Å². The van der Waals surface area contributed by atoms with Crippen molar-refractivity contribution in [3.8, 4) is 0 Å². The van der Waals surface area contributed by atoms with Gasteiger partial charge in [0.25, 0.3) is 5.82 Å². The van der Waals surface area contributed by atoms with Gasteiger partial charge in [-0.2, -0.15) is 4.98 Å². The fourth-order valence-corrected chi connectivity index (χ4v) is 1.57. The van der Waals surface area contributed by atoms with E-state index in [-0.39, 0.29) is 18.3 Å². The molecule has 18 heavy (non-hydrogen) atoms. The summed E-state index contributed by atoms with van der Waals surface area (Å²) in [5.41, 5.74) is 1.05. The molecule has 0 N–H and O–H groups in total. The summed E-state index contributed by atoms with van der Waals surface area (Å²) in [6.07, 6.45) is 0. The molecular weight excluding hydrogens is 232 g/mol. The van der Waals surface area contributed by atoms with Crippen LogP contribution in [0, 0.1) is 0 Å². The number of rotatable bonds is 4. The number of hydrogen-bond acceptors (Lipinski definition) is 5. The molecule has 1 aromatic heterocycles. The first-order valence-corrected chi connectivity index (χ1v) is 5.78. The second kappa shape index (κ2) is 5.44. The van der Waals surface area contributed by atoms with E-state index in [0.717, 1.165) is 5.56 Å². The smallest absolute Gasteiger partial charge is 0.379 e. The molecule has 0 saturated heterocycles. The number of carbonyl (C=O) groups is 1. The van der Waals surface area contributed by atoms with E-state index < -0.39 is 5.97 Å². The SMILES string of the molecule is CCOC(=O)c1noc(C(C)c2ccccc2)n1. The van der Waals surface area contributed by atoms with Gasteiger partial charge in [-0.3, -0.25) is 0 Å². The molecule has 0 radical (unpaired) electrons. The van der Waals surface area contributed by atoms with Crippen molar-refractivity contribution >= 4 is 5.97 Å². The lowest BCUT2D eigenvalue weighted by molar-refractivity contribution is 0.0508. The van der Waals surface area contributed by atoms with Gasteiger partial charge in [0, 0.05) is 0 Å². The summed E-state index contributed by atoms with van der Waals surface area (Å²) in [5, 5.41) is 3.62. The van der Waals surface area contributed by atoms with Gasteiger partial charge in [-0.05, 0) is 24.6 Å². The lowest BCUT2D eigenvalue weighted by atomic mass is 10.0. The minimum Gasteiger partial charge on any atom is -0.460 e.